The van der Waals surface area contributed by atoms with Crippen LogP contribution in [0.1, 0.15) is 147 Å². The van der Waals surface area contributed by atoms with Crippen molar-refractivity contribution >= 4 is 112 Å². The van der Waals surface area contributed by atoms with Crippen molar-refractivity contribution in [3.8, 4) is 0 Å². The number of para-hydroxylation sites is 4. The molecule has 9 aromatic carbocycles. The molecule has 5 nitrogen and oxygen atoms in total. The first-order chi connectivity index (χ1) is 39.4. The summed E-state index contributed by atoms with van der Waals surface area (Å²) < 4.78 is 14.1. The van der Waals surface area contributed by atoms with Gasteiger partial charge in [-0.2, -0.15) is 0 Å². The van der Waals surface area contributed by atoms with Gasteiger partial charge >= 0.3 is 0 Å². The maximum Gasteiger partial charge on any atom is 0.252 e. The molecule has 0 N–H and O–H groups in total. The summed E-state index contributed by atoms with van der Waals surface area (Å²) in [6, 6.07) is 65.4. The second-order valence-corrected chi connectivity index (χ2v) is 28.1. The Bertz CT molecular complexity index is 4630. The molecule has 2 aromatic heterocycles. The highest BCUT2D eigenvalue weighted by Crippen LogP contribution is 2.63. The molecule has 6 heteroatoms. The molecular weight excluding hydrogens is 998 g/mol. The van der Waals surface area contributed by atoms with Gasteiger partial charge in [-0.25, -0.2) is 0 Å². The molecule has 0 saturated heterocycles. The van der Waals surface area contributed by atoms with Crippen molar-refractivity contribution in [3.63, 3.8) is 0 Å². The van der Waals surface area contributed by atoms with Gasteiger partial charge in [-0.1, -0.05) is 184 Å². The number of hydrogen-bond donors (Lipinski definition) is 0. The van der Waals surface area contributed by atoms with Crippen molar-refractivity contribution < 1.29 is 8.83 Å². The molecule has 1 fully saturated rings. The van der Waals surface area contributed by atoms with Gasteiger partial charge in [-0.3, -0.25) is 0 Å². The van der Waals surface area contributed by atoms with Crippen molar-refractivity contribution in [2.24, 2.45) is 0 Å². The topological polar surface area (TPSA) is 36.0 Å². The summed E-state index contributed by atoms with van der Waals surface area (Å²) >= 11 is 0. The molecule has 2 atom stereocenters. The van der Waals surface area contributed by atoms with Crippen LogP contribution in [0.3, 0.4) is 0 Å². The average Bonchev–Trinajstić information content (AvgIpc) is 1.58. The van der Waals surface area contributed by atoms with Crippen molar-refractivity contribution in [2.75, 3.05) is 14.7 Å². The lowest BCUT2D eigenvalue weighted by atomic mass is 9.32. The first kappa shape index (κ1) is 48.7. The van der Waals surface area contributed by atoms with E-state index < -0.39 is 0 Å². The van der Waals surface area contributed by atoms with Gasteiger partial charge in [0.05, 0.1) is 22.3 Å². The zero-order chi connectivity index (χ0) is 55.8. The van der Waals surface area contributed by atoms with E-state index in [9.17, 15) is 0 Å². The number of rotatable bonds is 3. The van der Waals surface area contributed by atoms with Gasteiger partial charge < -0.3 is 23.5 Å². The molecule has 1 saturated carbocycles. The van der Waals surface area contributed by atoms with Crippen LogP contribution in [0.25, 0.3) is 43.9 Å². The number of fused-ring (bicyclic) bond motifs is 16. The van der Waals surface area contributed by atoms with Crippen LogP contribution in [-0.4, -0.2) is 12.3 Å². The van der Waals surface area contributed by atoms with Crippen LogP contribution >= 0.6 is 0 Å². The van der Waals surface area contributed by atoms with Gasteiger partial charge in [0.2, 0.25) is 0 Å². The Hall–Kier alpha value is -7.96. The summed E-state index contributed by atoms with van der Waals surface area (Å²) in [7, 11) is 0. The Morgan fingerprint density at radius 2 is 0.878 bits per heavy atom. The van der Waals surface area contributed by atoms with Crippen molar-refractivity contribution in [2.45, 2.75) is 140 Å². The zero-order valence-corrected chi connectivity index (χ0v) is 49.1. The molecule has 17 rings (SSSR count). The van der Waals surface area contributed by atoms with E-state index in [1.165, 1.54) is 102 Å². The summed E-state index contributed by atoms with van der Waals surface area (Å²) in [4.78, 5) is 8.17. The fourth-order valence-electron chi connectivity index (χ4n) is 17.6. The van der Waals surface area contributed by atoms with E-state index in [1.54, 1.807) is 0 Å². The Balaban J connectivity index is 1.07. The second kappa shape index (κ2) is 16.0. The summed E-state index contributed by atoms with van der Waals surface area (Å²) in [6.07, 6.45) is 6.91. The smallest absolute Gasteiger partial charge is 0.252 e. The molecule has 6 aliphatic rings. The van der Waals surface area contributed by atoms with Crippen molar-refractivity contribution in [1.29, 1.82) is 0 Å². The fourth-order valence-corrected chi connectivity index (χ4v) is 17.6. The highest BCUT2D eigenvalue weighted by atomic mass is 16.3. The predicted octanol–water partition coefficient (Wildman–Crippen LogP) is 18.6. The zero-order valence-electron chi connectivity index (χ0n) is 49.1. The molecular formula is C76H70BN3O2. The number of nitrogens with zero attached hydrogens (tertiary/aromatic N) is 3. The second-order valence-electron chi connectivity index (χ2n) is 28.1. The van der Waals surface area contributed by atoms with Crippen molar-refractivity contribution in [1.82, 2.24) is 0 Å². The Kier molecular flexibility index (Phi) is 9.49. The van der Waals surface area contributed by atoms with Crippen LogP contribution in [0.2, 0.25) is 0 Å². The predicted molar refractivity (Wildman–Crippen MR) is 344 cm³/mol. The summed E-state index contributed by atoms with van der Waals surface area (Å²) in [5.74, 6) is 0. The van der Waals surface area contributed by atoms with E-state index in [2.05, 4.69) is 254 Å². The van der Waals surface area contributed by atoms with Gasteiger partial charge in [0.1, 0.15) is 16.7 Å². The molecule has 3 aliphatic heterocycles. The number of hydrogen-bond acceptors (Lipinski definition) is 5. The summed E-state index contributed by atoms with van der Waals surface area (Å²) in [5.41, 5.74) is 26.2. The Labute approximate surface area is 482 Å². The summed E-state index contributed by atoms with van der Waals surface area (Å²) in [6.45, 7) is 24.8. The SMILES string of the molecule is CC1(C)CCC(C)(C)c2cc3c(cc21)B1c2cc4c(cc2N(c2cccc5oc6ccccc6c25)c2cc(N5c6ccccc6C6(C)CCCCC56C)cc(c21)N3c1cccc2c1oc1ccccc12)C(C)(C)c1ccccc1C4(C)C. The summed E-state index contributed by atoms with van der Waals surface area (Å²) in [5, 5.41) is 4.51. The molecule has 0 amide bonds. The highest BCUT2D eigenvalue weighted by molar-refractivity contribution is 7.00. The van der Waals surface area contributed by atoms with E-state index in [4.69, 9.17) is 8.83 Å². The molecule has 3 aliphatic carbocycles. The van der Waals surface area contributed by atoms with E-state index in [1.807, 2.05) is 0 Å². The fraction of sp³-hybridized carbons (Fsp3) is 0.289. The van der Waals surface area contributed by atoms with Crippen LogP contribution in [0, 0.1) is 0 Å². The lowest BCUT2D eigenvalue weighted by molar-refractivity contribution is 0.195. The lowest BCUT2D eigenvalue weighted by Gasteiger charge is -2.51. The Morgan fingerprint density at radius 3 is 1.59 bits per heavy atom. The normalized spacial score (nSPS) is 21.9. The van der Waals surface area contributed by atoms with Gasteiger partial charge in [0, 0.05) is 66.5 Å². The van der Waals surface area contributed by atoms with E-state index in [0.29, 0.717) is 0 Å². The molecule has 82 heavy (non-hydrogen) atoms. The minimum absolute atomic E-state index is 0.0330. The molecule has 0 radical (unpaired) electrons. The van der Waals surface area contributed by atoms with Gasteiger partial charge in [0.15, 0.2) is 5.58 Å². The van der Waals surface area contributed by atoms with Crippen LogP contribution in [0.4, 0.5) is 45.5 Å². The number of benzene rings is 9. The maximum absolute atomic E-state index is 7.21. The molecule has 2 unspecified atom stereocenters. The standard InChI is InChI=1S/C76H70BN3O2/c1-71(2)37-38-72(3,4)53-43-61-56(41-52(53)71)77-57-42-54-55(74(7,8)50-27-14-13-26-49(50)73(54,5)6)44-62(57)78(59-30-22-34-67-68(59)48-24-12-18-33-66(48)81-67)63-39-45(80-58-29-16-15-28-51(58)75(9)35-19-20-36-76(75,80)10)40-64(69(63)77)79(61)60-31-21-25-47-46-23-11-17-32-65(46)82-70(47)60/h11-18,21-34,39-44H,19-20,35-38H2,1-10H3. The Morgan fingerprint density at radius 1 is 0.378 bits per heavy atom. The first-order valence-electron chi connectivity index (χ1n) is 30.4. The maximum atomic E-state index is 7.21. The molecule has 0 bridgehead atoms. The minimum Gasteiger partial charge on any atom is -0.456 e. The van der Waals surface area contributed by atoms with Gasteiger partial charge in [-0.05, 0) is 159 Å². The van der Waals surface area contributed by atoms with Crippen LogP contribution < -0.4 is 31.1 Å². The lowest BCUT2D eigenvalue weighted by Crippen LogP contribution is -2.62. The van der Waals surface area contributed by atoms with Crippen LogP contribution in [-0.2, 0) is 27.1 Å². The van der Waals surface area contributed by atoms with E-state index in [0.717, 1.165) is 80.9 Å². The van der Waals surface area contributed by atoms with Crippen LogP contribution in [0.5, 0.6) is 0 Å². The first-order valence-corrected chi connectivity index (χ1v) is 30.4. The number of furan rings is 2. The third-order valence-corrected chi connectivity index (χ3v) is 22.3. The molecule has 404 valence electrons. The van der Waals surface area contributed by atoms with E-state index >= 15 is 0 Å². The minimum atomic E-state index is -0.287. The molecule has 11 aromatic rings. The van der Waals surface area contributed by atoms with E-state index in [-0.39, 0.29) is 39.3 Å². The quantitative estimate of drug-likeness (QED) is 0.165. The molecule has 5 heterocycles. The largest absolute Gasteiger partial charge is 0.456 e. The third kappa shape index (κ3) is 6.06. The number of anilines is 8. The third-order valence-electron chi connectivity index (χ3n) is 22.3. The van der Waals surface area contributed by atoms with Gasteiger partial charge in [-0.15, -0.1) is 0 Å². The van der Waals surface area contributed by atoms with Crippen molar-refractivity contribution in [3.05, 3.63) is 209 Å². The monoisotopic (exact) mass is 1070 g/mol. The molecule has 0 spiro atoms. The van der Waals surface area contributed by atoms with Gasteiger partial charge in [0.25, 0.3) is 6.71 Å². The average molecular weight is 1070 g/mol. The highest BCUT2D eigenvalue weighted by Gasteiger charge is 2.58. The van der Waals surface area contributed by atoms with Crippen LogP contribution in [0.15, 0.2) is 179 Å².